The number of halogens is 2. The Morgan fingerprint density at radius 3 is 2.50 bits per heavy atom. The molecule has 1 heterocycles. The molecule has 0 aliphatic carbocycles. The quantitative estimate of drug-likeness (QED) is 0.697. The summed E-state index contributed by atoms with van der Waals surface area (Å²) in [5.74, 6) is -1.64. The number of carbonyl (C=O) groups is 2. The van der Waals surface area contributed by atoms with Crippen LogP contribution in [-0.4, -0.2) is 24.1 Å². The summed E-state index contributed by atoms with van der Waals surface area (Å²) in [4.78, 5) is 31.5. The average molecular weight is 405 g/mol. The summed E-state index contributed by atoms with van der Waals surface area (Å²) >= 11 is 0. The Kier molecular flexibility index (Phi) is 5.34. The zero-order valence-corrected chi connectivity index (χ0v) is 15.8. The summed E-state index contributed by atoms with van der Waals surface area (Å²) in [5, 5.41) is 2.60. The van der Waals surface area contributed by atoms with Gasteiger partial charge in [-0.3, -0.25) is 14.6 Å². The van der Waals surface area contributed by atoms with Crippen molar-refractivity contribution in [2.24, 2.45) is 4.99 Å². The fourth-order valence-electron chi connectivity index (χ4n) is 3.24. The van der Waals surface area contributed by atoms with E-state index in [0.717, 1.165) is 0 Å². The predicted molar refractivity (Wildman–Crippen MR) is 111 cm³/mol. The van der Waals surface area contributed by atoms with Gasteiger partial charge in [-0.05, 0) is 48.0 Å². The lowest BCUT2D eigenvalue weighted by molar-refractivity contribution is -0.120. The van der Waals surface area contributed by atoms with Crippen LogP contribution in [0.4, 0.5) is 25.8 Å². The van der Waals surface area contributed by atoms with E-state index in [9.17, 15) is 18.4 Å². The van der Waals surface area contributed by atoms with E-state index in [1.165, 1.54) is 35.2 Å². The van der Waals surface area contributed by atoms with Crippen LogP contribution in [0.5, 0.6) is 0 Å². The number of rotatable bonds is 4. The molecule has 0 saturated heterocycles. The van der Waals surface area contributed by atoms with E-state index in [4.69, 9.17) is 0 Å². The van der Waals surface area contributed by atoms with Crippen molar-refractivity contribution in [1.29, 1.82) is 0 Å². The van der Waals surface area contributed by atoms with Crippen LogP contribution in [0.1, 0.15) is 12.0 Å². The maximum atomic E-state index is 13.4. The molecule has 30 heavy (non-hydrogen) atoms. The molecule has 1 aliphatic heterocycles. The molecule has 0 radical (unpaired) electrons. The van der Waals surface area contributed by atoms with Crippen LogP contribution in [0.15, 0.2) is 77.8 Å². The van der Waals surface area contributed by atoms with Gasteiger partial charge in [-0.1, -0.05) is 30.3 Å². The maximum absolute atomic E-state index is 13.4. The monoisotopic (exact) mass is 405 g/mol. The molecule has 0 bridgehead atoms. The highest BCUT2D eigenvalue weighted by Crippen LogP contribution is 2.32. The Hall–Kier alpha value is -3.87. The molecule has 3 aromatic carbocycles. The smallest absolute Gasteiger partial charge is 0.244 e. The summed E-state index contributed by atoms with van der Waals surface area (Å²) in [6, 6.07) is 18.3. The molecule has 0 unspecified atom stereocenters. The first-order chi connectivity index (χ1) is 14.5. The van der Waals surface area contributed by atoms with Gasteiger partial charge in [0.05, 0.1) is 23.5 Å². The van der Waals surface area contributed by atoms with Gasteiger partial charge in [-0.25, -0.2) is 8.78 Å². The molecule has 0 spiro atoms. The minimum atomic E-state index is -0.471. The molecule has 1 N–H and O–H groups in total. The van der Waals surface area contributed by atoms with Gasteiger partial charge in [0.1, 0.15) is 18.2 Å². The number of hydrogen-bond donors (Lipinski definition) is 1. The molecule has 3 aromatic rings. The molecule has 0 aromatic heterocycles. The highest BCUT2D eigenvalue weighted by molar-refractivity contribution is 6.18. The molecular formula is C23H17F2N3O2. The van der Waals surface area contributed by atoms with Crippen molar-refractivity contribution in [3.05, 3.63) is 90.0 Å². The topological polar surface area (TPSA) is 61.8 Å². The fourth-order valence-corrected chi connectivity index (χ4v) is 3.24. The number of nitrogens with one attached hydrogen (secondary N) is 1. The number of para-hydroxylation sites is 2. The zero-order valence-electron chi connectivity index (χ0n) is 15.8. The third-order valence-electron chi connectivity index (χ3n) is 4.64. The van der Waals surface area contributed by atoms with Crippen molar-refractivity contribution in [3.8, 4) is 0 Å². The lowest BCUT2D eigenvalue weighted by Crippen LogP contribution is -2.38. The van der Waals surface area contributed by atoms with Crippen LogP contribution in [0.25, 0.3) is 0 Å². The second-order valence-corrected chi connectivity index (χ2v) is 6.77. The number of fused-ring (bicyclic) bond motifs is 1. The highest BCUT2D eigenvalue weighted by atomic mass is 19.1. The molecule has 0 fully saturated rings. The van der Waals surface area contributed by atoms with E-state index in [0.29, 0.717) is 28.3 Å². The minimum Gasteiger partial charge on any atom is -0.324 e. The first-order valence-electron chi connectivity index (χ1n) is 9.28. The van der Waals surface area contributed by atoms with Gasteiger partial charge in [0.25, 0.3) is 0 Å². The Balaban J connectivity index is 1.61. The van der Waals surface area contributed by atoms with Crippen LogP contribution < -0.4 is 10.2 Å². The number of aliphatic imine (C=N–C) groups is 1. The largest absolute Gasteiger partial charge is 0.324 e. The average Bonchev–Trinajstić information content (AvgIpc) is 2.85. The predicted octanol–water partition coefficient (Wildman–Crippen LogP) is 4.46. The number of hydrogen-bond acceptors (Lipinski definition) is 3. The fraction of sp³-hybridized carbons (Fsp3) is 0.0870. The Bertz CT molecular complexity index is 1140. The molecule has 4 rings (SSSR count). The standard InChI is InChI=1S/C23H17F2N3O2/c24-16-10-8-15(9-11-16)20-13-23(30)28(21-7-2-1-6-19(21)27-20)14-22(29)26-18-5-3-4-17(25)12-18/h1-12H,13-14H2,(H,26,29). The van der Waals surface area contributed by atoms with Gasteiger partial charge >= 0.3 is 0 Å². The number of anilines is 2. The van der Waals surface area contributed by atoms with Gasteiger partial charge in [-0.2, -0.15) is 0 Å². The summed E-state index contributed by atoms with van der Waals surface area (Å²) in [6.07, 6.45) is -0.0481. The van der Waals surface area contributed by atoms with E-state index in [2.05, 4.69) is 10.3 Å². The number of carbonyl (C=O) groups excluding carboxylic acids is 2. The molecule has 0 atom stereocenters. The number of benzene rings is 3. The lowest BCUT2D eigenvalue weighted by atomic mass is 10.1. The van der Waals surface area contributed by atoms with Gasteiger partial charge in [0.15, 0.2) is 0 Å². The third kappa shape index (κ3) is 4.25. The van der Waals surface area contributed by atoms with E-state index >= 15 is 0 Å². The summed E-state index contributed by atoms with van der Waals surface area (Å²) in [6.45, 7) is -0.251. The van der Waals surface area contributed by atoms with Crippen molar-refractivity contribution >= 4 is 34.6 Å². The number of nitrogens with zero attached hydrogens (tertiary/aromatic N) is 2. The van der Waals surface area contributed by atoms with Gasteiger partial charge in [-0.15, -0.1) is 0 Å². The van der Waals surface area contributed by atoms with Crippen molar-refractivity contribution in [1.82, 2.24) is 0 Å². The van der Waals surface area contributed by atoms with Gasteiger partial charge in [0.2, 0.25) is 11.8 Å². The van der Waals surface area contributed by atoms with E-state index in [-0.39, 0.29) is 24.7 Å². The Labute approximate surface area is 171 Å². The van der Waals surface area contributed by atoms with Crippen molar-refractivity contribution < 1.29 is 18.4 Å². The van der Waals surface area contributed by atoms with Crippen LogP contribution in [0, 0.1) is 11.6 Å². The maximum Gasteiger partial charge on any atom is 0.244 e. The highest BCUT2D eigenvalue weighted by Gasteiger charge is 2.26. The van der Waals surface area contributed by atoms with Crippen LogP contribution in [0.3, 0.4) is 0 Å². The number of amides is 2. The molecule has 7 heteroatoms. The second kappa shape index (κ2) is 8.24. The zero-order chi connectivity index (χ0) is 21.1. The molecular weight excluding hydrogens is 388 g/mol. The summed E-state index contributed by atoms with van der Waals surface area (Å²) in [5.41, 5.74) is 2.44. The lowest BCUT2D eigenvalue weighted by Gasteiger charge is -2.22. The van der Waals surface area contributed by atoms with E-state index < -0.39 is 11.7 Å². The molecule has 2 amide bonds. The van der Waals surface area contributed by atoms with Gasteiger partial charge in [0, 0.05) is 5.69 Å². The first-order valence-corrected chi connectivity index (χ1v) is 9.28. The molecule has 1 aliphatic rings. The molecule has 150 valence electrons. The summed E-state index contributed by atoms with van der Waals surface area (Å²) < 4.78 is 26.6. The summed E-state index contributed by atoms with van der Waals surface area (Å²) in [7, 11) is 0. The van der Waals surface area contributed by atoms with E-state index in [1.54, 1.807) is 42.5 Å². The van der Waals surface area contributed by atoms with Crippen LogP contribution >= 0.6 is 0 Å². The van der Waals surface area contributed by atoms with Crippen molar-refractivity contribution in [2.75, 3.05) is 16.8 Å². The van der Waals surface area contributed by atoms with Gasteiger partial charge < -0.3 is 10.2 Å². The molecule has 0 saturated carbocycles. The molecule has 5 nitrogen and oxygen atoms in total. The second-order valence-electron chi connectivity index (χ2n) is 6.77. The Morgan fingerprint density at radius 1 is 0.967 bits per heavy atom. The first kappa shape index (κ1) is 19.4. The van der Waals surface area contributed by atoms with Crippen LogP contribution in [-0.2, 0) is 9.59 Å². The Morgan fingerprint density at radius 2 is 1.73 bits per heavy atom. The van der Waals surface area contributed by atoms with Crippen molar-refractivity contribution in [2.45, 2.75) is 6.42 Å². The SMILES string of the molecule is O=C(CN1C(=O)CC(c2ccc(F)cc2)=Nc2ccccc21)Nc1cccc(F)c1. The minimum absolute atomic E-state index is 0.0481. The van der Waals surface area contributed by atoms with E-state index in [1.807, 2.05) is 0 Å². The normalized spacial score (nSPS) is 13.3. The third-order valence-corrected chi connectivity index (χ3v) is 4.64. The van der Waals surface area contributed by atoms with Crippen LogP contribution in [0.2, 0.25) is 0 Å². The van der Waals surface area contributed by atoms with Crippen molar-refractivity contribution in [3.63, 3.8) is 0 Å².